The van der Waals surface area contributed by atoms with Gasteiger partial charge in [0, 0.05) is 36.6 Å². The molecule has 0 unspecified atom stereocenters. The van der Waals surface area contributed by atoms with E-state index >= 15 is 0 Å². The summed E-state index contributed by atoms with van der Waals surface area (Å²) >= 11 is -2.15. The average molecular weight is 1040 g/mol. The largest absolute Gasteiger partial charge is 0 e. The van der Waals surface area contributed by atoms with Gasteiger partial charge in [-0.3, -0.25) is 4.98 Å². The number of rotatable bonds is 7. The third-order valence-corrected chi connectivity index (χ3v) is 15.9. The molecule has 0 spiro atoms. The number of para-hydroxylation sites is 3. The average Bonchev–Trinajstić information content (AvgIpc) is 3.84. The Morgan fingerprint density at radius 2 is 1.39 bits per heavy atom. The molecule has 0 aliphatic heterocycles. The van der Waals surface area contributed by atoms with E-state index in [4.69, 9.17) is 12.1 Å². The summed E-state index contributed by atoms with van der Waals surface area (Å²) in [7, 11) is 0. The summed E-state index contributed by atoms with van der Waals surface area (Å²) in [6, 6.07) is 53.0. The van der Waals surface area contributed by atoms with Crippen LogP contribution in [0.25, 0.3) is 82.8 Å². The first kappa shape index (κ1) is 39.8. The van der Waals surface area contributed by atoms with Gasteiger partial charge in [-0.05, 0) is 51.3 Å². The van der Waals surface area contributed by atoms with Crippen LogP contribution in [0, 0.1) is 12.1 Å². The summed E-state index contributed by atoms with van der Waals surface area (Å²) in [4.78, 5) is 9.76. The molecule has 3 aromatic heterocycles. The number of nitrogens with zero attached hydrogens (tertiary/aromatic N) is 3. The fraction of sp³-hybridized carbons (Fsp3) is 0.200. The molecule has 1 radical (unpaired) electrons. The molecule has 6 heteroatoms. The Morgan fingerprint density at radius 1 is 0.705 bits per heavy atom. The smallest absolute Gasteiger partial charge is 0 e. The molecule has 10 aromatic rings. The molecular formula is C55H51GeIrN3O-2. The van der Waals surface area contributed by atoms with Crippen LogP contribution >= 0.6 is 0 Å². The summed E-state index contributed by atoms with van der Waals surface area (Å²) < 4.78 is 26.2. The van der Waals surface area contributed by atoms with E-state index in [0.717, 1.165) is 71.0 Å². The zero-order chi connectivity index (χ0) is 43.5. The Kier molecular flexibility index (Phi) is 11.2. The number of furan rings is 1. The molecule has 3 heterocycles. The first-order valence-electron chi connectivity index (χ1n) is 22.0. The Morgan fingerprint density at radius 3 is 2.11 bits per heavy atom. The van der Waals surface area contributed by atoms with Crippen LogP contribution in [0.3, 0.4) is 0 Å². The van der Waals surface area contributed by atoms with Gasteiger partial charge in [0.15, 0.2) is 0 Å². The monoisotopic (exact) mass is 1040 g/mol. The van der Waals surface area contributed by atoms with Crippen LogP contribution < -0.4 is 4.40 Å². The van der Waals surface area contributed by atoms with Gasteiger partial charge in [-0.2, -0.15) is 0 Å². The third-order valence-electron chi connectivity index (χ3n) is 11.6. The molecule has 0 atom stereocenters. The molecule has 0 N–H and O–H groups in total. The van der Waals surface area contributed by atoms with Crippen molar-refractivity contribution in [3.05, 3.63) is 168 Å². The van der Waals surface area contributed by atoms with Crippen molar-refractivity contribution in [1.29, 1.82) is 0 Å². The van der Waals surface area contributed by atoms with Crippen molar-refractivity contribution >= 4 is 72.2 Å². The zero-order valence-corrected chi connectivity index (χ0v) is 40.5. The van der Waals surface area contributed by atoms with Gasteiger partial charge in [0.2, 0.25) is 0 Å². The van der Waals surface area contributed by atoms with Crippen LogP contribution in [-0.2, 0) is 26.5 Å². The van der Waals surface area contributed by atoms with Crippen molar-refractivity contribution in [2.75, 3.05) is 0 Å². The van der Waals surface area contributed by atoms with Crippen molar-refractivity contribution in [2.24, 2.45) is 0 Å². The van der Waals surface area contributed by atoms with Gasteiger partial charge in [0.05, 0.1) is 22.4 Å². The van der Waals surface area contributed by atoms with Crippen LogP contribution in [0.15, 0.2) is 144 Å². The van der Waals surface area contributed by atoms with E-state index in [1.54, 1.807) is 6.92 Å². The van der Waals surface area contributed by atoms with E-state index in [0.29, 0.717) is 11.8 Å². The van der Waals surface area contributed by atoms with Gasteiger partial charge in [-0.1, -0.05) is 112 Å². The number of benzene rings is 7. The van der Waals surface area contributed by atoms with Gasteiger partial charge in [0.25, 0.3) is 0 Å². The topological polar surface area (TPSA) is 43.9 Å². The third kappa shape index (κ3) is 7.89. The maximum Gasteiger partial charge on any atom is 0 e. The summed E-state index contributed by atoms with van der Waals surface area (Å²) in [6.07, 6.45) is 0.535. The molecule has 4 nitrogen and oxygen atoms in total. The predicted octanol–water partition coefficient (Wildman–Crippen LogP) is 14.6. The second kappa shape index (κ2) is 17.2. The SMILES string of the molecule is CC(C)c1cccc(C(C)C)c1-n1c(-c2[c-]cc3oc4c(ccc5c6ccccc6ccc54)c3c2)nc2ccccc21.[2H]C([2H])(C)c1cc(-c2[c-]cccc2)nc[c]1[Ge]([CH3])([CH3])[CH3].[Ir]. The van der Waals surface area contributed by atoms with Crippen molar-refractivity contribution in [3.63, 3.8) is 0 Å². The first-order chi connectivity index (χ1) is 29.7. The van der Waals surface area contributed by atoms with Gasteiger partial charge < -0.3 is 8.98 Å². The van der Waals surface area contributed by atoms with Crippen LogP contribution in [0.2, 0.25) is 17.3 Å². The van der Waals surface area contributed by atoms with E-state index in [1.165, 1.54) is 33.0 Å². The molecular weight excluding hydrogens is 983 g/mol. The summed E-state index contributed by atoms with van der Waals surface area (Å²) in [5, 5.41) is 6.99. The van der Waals surface area contributed by atoms with Crippen LogP contribution in [-0.4, -0.2) is 27.8 Å². The fourth-order valence-electron chi connectivity index (χ4n) is 8.56. The van der Waals surface area contributed by atoms with Gasteiger partial charge in [0.1, 0.15) is 5.58 Å². The summed E-state index contributed by atoms with van der Waals surface area (Å²) in [6.45, 7) is 10.7. The van der Waals surface area contributed by atoms with E-state index in [-0.39, 0.29) is 20.1 Å². The van der Waals surface area contributed by atoms with Crippen molar-refractivity contribution in [2.45, 2.75) is 70.1 Å². The van der Waals surface area contributed by atoms with Gasteiger partial charge >= 0.3 is 115 Å². The molecule has 307 valence electrons. The Hall–Kier alpha value is -5.33. The number of hydrogen-bond acceptors (Lipinski definition) is 3. The predicted molar refractivity (Wildman–Crippen MR) is 257 cm³/mol. The number of fused-ring (bicyclic) bond motifs is 8. The molecule has 10 rings (SSSR count). The van der Waals surface area contributed by atoms with E-state index in [9.17, 15) is 0 Å². The minimum absolute atomic E-state index is 0. The van der Waals surface area contributed by atoms with E-state index < -0.39 is 19.6 Å². The Bertz CT molecular complexity index is 3260. The minimum Gasteiger partial charge on any atom is 0 e. The molecule has 0 amide bonds. The zero-order valence-electron chi connectivity index (χ0n) is 38.0. The normalized spacial score (nSPS) is 12.6. The molecule has 0 aliphatic rings. The maximum absolute atomic E-state index is 8.11. The summed E-state index contributed by atoms with van der Waals surface area (Å²) in [5.74, 6) is 8.42. The minimum atomic E-state index is -2.15. The molecule has 0 saturated heterocycles. The molecule has 0 fully saturated rings. The van der Waals surface area contributed by atoms with Crippen molar-refractivity contribution < 1.29 is 27.3 Å². The number of hydrogen-bond donors (Lipinski definition) is 0. The maximum atomic E-state index is 8.11. The molecule has 0 aliphatic carbocycles. The molecule has 61 heavy (non-hydrogen) atoms. The van der Waals surface area contributed by atoms with Gasteiger partial charge in [-0.15, -0.1) is 23.8 Å². The van der Waals surface area contributed by atoms with Crippen LogP contribution in [0.1, 0.15) is 65.9 Å². The van der Waals surface area contributed by atoms with Gasteiger partial charge in [-0.25, -0.2) is 0 Å². The standard InChI is InChI=1S/C39H31N2O.C16H20GeN.Ir/c1-23(2)27-12-9-13-28(24(3)4)37(27)41-35-15-8-7-14-34(35)40-39(41)26-17-21-36-33(22-26)32-20-19-30-29-11-6-5-10-25(29)16-18-31(30)38(32)42-36;1-5-13-11-16(14-9-7-6-8-10-14)18-12-15(13)17(2,3)4;/h5-16,18-24H,1-4H3;6-9,11-12H,5H2,1-4H3;/q2*-1;/i;5D2;. The number of imidazole rings is 1. The molecule has 7 aromatic carbocycles. The summed E-state index contributed by atoms with van der Waals surface area (Å²) in [5.41, 5.74) is 11.1. The second-order valence-electron chi connectivity index (χ2n) is 17.3. The van der Waals surface area contributed by atoms with Crippen LogP contribution in [0.4, 0.5) is 0 Å². The quantitative estimate of drug-likeness (QED) is 0.0908. The first-order valence-corrected chi connectivity index (χ1v) is 28.3. The Labute approximate surface area is 378 Å². The fourth-order valence-corrected chi connectivity index (χ4v) is 11.6. The van der Waals surface area contributed by atoms with E-state index in [2.05, 4.69) is 164 Å². The Balaban J connectivity index is 0.000000219. The molecule has 0 saturated carbocycles. The number of aromatic nitrogens is 3. The molecule has 0 bridgehead atoms. The second-order valence-corrected chi connectivity index (χ2v) is 27.9. The van der Waals surface area contributed by atoms with Crippen molar-refractivity contribution in [3.8, 4) is 28.3 Å². The number of aryl methyl sites for hydroxylation is 1. The number of pyridine rings is 1. The van der Waals surface area contributed by atoms with Crippen molar-refractivity contribution in [1.82, 2.24) is 14.5 Å². The van der Waals surface area contributed by atoms with Crippen LogP contribution in [0.5, 0.6) is 0 Å². The van der Waals surface area contributed by atoms with E-state index in [1.807, 2.05) is 42.6 Å².